The van der Waals surface area contributed by atoms with E-state index < -0.39 is 0 Å². The van der Waals surface area contributed by atoms with Gasteiger partial charge in [-0.1, -0.05) is 54.8 Å². The first-order valence-corrected chi connectivity index (χ1v) is 8.44. The summed E-state index contributed by atoms with van der Waals surface area (Å²) in [6.07, 6.45) is 5.39. The molecule has 1 heterocycles. The number of benzene rings is 1. The minimum absolute atomic E-state index is 0.529. The lowest BCUT2D eigenvalue weighted by Gasteiger charge is -2.09. The van der Waals surface area contributed by atoms with Crippen molar-refractivity contribution in [3.63, 3.8) is 0 Å². The average molecular weight is 305 g/mol. The van der Waals surface area contributed by atoms with Crippen molar-refractivity contribution in [3.8, 4) is 11.3 Å². The van der Waals surface area contributed by atoms with Crippen LogP contribution in [0.4, 0.5) is 0 Å². The van der Waals surface area contributed by atoms with Gasteiger partial charge in [0.05, 0.1) is 11.4 Å². The fourth-order valence-corrected chi connectivity index (χ4v) is 3.91. The molecule has 2 nitrogen and oxygen atoms in total. The van der Waals surface area contributed by atoms with E-state index in [-0.39, 0.29) is 0 Å². The van der Waals surface area contributed by atoms with Gasteiger partial charge < -0.3 is 0 Å². The van der Waals surface area contributed by atoms with E-state index in [0.29, 0.717) is 5.15 Å². The van der Waals surface area contributed by atoms with Crippen LogP contribution in [0, 0.1) is 0 Å². The van der Waals surface area contributed by atoms with E-state index in [1.54, 1.807) is 0 Å². The maximum Gasteiger partial charge on any atom is 0.140 e. The monoisotopic (exact) mass is 304 g/mol. The Bertz CT molecular complexity index is 568. The van der Waals surface area contributed by atoms with Crippen LogP contribution in [0.3, 0.4) is 0 Å². The number of hydrogen-bond donors (Lipinski definition) is 0. The van der Waals surface area contributed by atoms with Gasteiger partial charge in [-0.2, -0.15) is 11.8 Å². The van der Waals surface area contributed by atoms with Crippen LogP contribution in [-0.4, -0.2) is 15.2 Å². The summed E-state index contributed by atoms with van der Waals surface area (Å²) in [5.74, 6) is 1.69. The number of hydrogen-bond acceptors (Lipinski definition) is 3. The maximum atomic E-state index is 6.13. The Balaban J connectivity index is 1.76. The number of nitrogens with zero attached hydrogens (tertiary/aromatic N) is 2. The second-order valence-corrected chi connectivity index (χ2v) is 6.75. The average Bonchev–Trinajstić information content (AvgIpc) is 2.99. The van der Waals surface area contributed by atoms with Crippen molar-refractivity contribution in [3.05, 3.63) is 47.4 Å². The van der Waals surface area contributed by atoms with E-state index in [9.17, 15) is 0 Å². The Hall–Kier alpha value is -1.06. The number of halogens is 1. The number of thioether (sulfide) groups is 1. The van der Waals surface area contributed by atoms with Gasteiger partial charge in [-0.15, -0.1) is 0 Å². The van der Waals surface area contributed by atoms with Gasteiger partial charge in [-0.05, 0) is 12.8 Å². The van der Waals surface area contributed by atoms with Gasteiger partial charge in [0.25, 0.3) is 0 Å². The molecule has 0 aliphatic heterocycles. The Morgan fingerprint density at radius 1 is 1.10 bits per heavy atom. The van der Waals surface area contributed by atoms with Gasteiger partial charge >= 0.3 is 0 Å². The summed E-state index contributed by atoms with van der Waals surface area (Å²) in [4.78, 5) is 9.00. The maximum absolute atomic E-state index is 6.13. The summed E-state index contributed by atoms with van der Waals surface area (Å²) in [6, 6.07) is 12.0. The van der Waals surface area contributed by atoms with Crippen LogP contribution in [0.1, 0.15) is 31.5 Å². The van der Waals surface area contributed by atoms with Crippen LogP contribution in [0.2, 0.25) is 5.15 Å². The molecule has 1 aromatic carbocycles. The van der Waals surface area contributed by atoms with E-state index in [1.807, 2.05) is 48.2 Å². The first kappa shape index (κ1) is 13.9. The van der Waals surface area contributed by atoms with Crippen LogP contribution in [0.5, 0.6) is 0 Å². The van der Waals surface area contributed by atoms with E-state index >= 15 is 0 Å². The fraction of sp³-hybridized carbons (Fsp3) is 0.375. The highest BCUT2D eigenvalue weighted by Gasteiger charge is 2.16. The summed E-state index contributed by atoms with van der Waals surface area (Å²) >= 11 is 8.10. The molecule has 0 bridgehead atoms. The highest BCUT2D eigenvalue weighted by atomic mass is 35.5. The molecule has 1 saturated carbocycles. The third kappa shape index (κ3) is 3.53. The van der Waals surface area contributed by atoms with Crippen molar-refractivity contribution in [1.82, 2.24) is 9.97 Å². The smallest absolute Gasteiger partial charge is 0.140 e. The lowest BCUT2D eigenvalue weighted by molar-refractivity contribution is 0.886. The van der Waals surface area contributed by atoms with Crippen LogP contribution in [0.15, 0.2) is 36.4 Å². The summed E-state index contributed by atoms with van der Waals surface area (Å²) in [6.45, 7) is 0. The SMILES string of the molecule is Clc1cc(-c2ccccc2)nc(CSC2CCCC2)n1. The number of rotatable bonds is 4. The lowest BCUT2D eigenvalue weighted by atomic mass is 10.1. The van der Waals surface area contributed by atoms with Crippen LogP contribution in [0.25, 0.3) is 11.3 Å². The lowest BCUT2D eigenvalue weighted by Crippen LogP contribution is -2.00. The first-order valence-electron chi connectivity index (χ1n) is 7.02. The van der Waals surface area contributed by atoms with Crippen molar-refractivity contribution in [2.24, 2.45) is 0 Å². The van der Waals surface area contributed by atoms with Crippen molar-refractivity contribution in [2.75, 3.05) is 0 Å². The van der Waals surface area contributed by atoms with E-state index in [2.05, 4.69) is 9.97 Å². The van der Waals surface area contributed by atoms with Crippen molar-refractivity contribution < 1.29 is 0 Å². The van der Waals surface area contributed by atoms with E-state index in [1.165, 1.54) is 25.7 Å². The molecule has 0 atom stereocenters. The Kier molecular flexibility index (Phi) is 4.58. The zero-order valence-electron chi connectivity index (χ0n) is 11.3. The quantitative estimate of drug-likeness (QED) is 0.746. The van der Waals surface area contributed by atoms with Gasteiger partial charge in [0.15, 0.2) is 0 Å². The van der Waals surface area contributed by atoms with Gasteiger partial charge in [-0.25, -0.2) is 9.97 Å². The number of aromatic nitrogens is 2. The predicted octanol–water partition coefficient (Wildman–Crippen LogP) is 4.97. The topological polar surface area (TPSA) is 25.8 Å². The Morgan fingerprint density at radius 3 is 2.60 bits per heavy atom. The Morgan fingerprint density at radius 2 is 1.85 bits per heavy atom. The second-order valence-electron chi connectivity index (χ2n) is 5.08. The first-order chi connectivity index (χ1) is 9.81. The standard InChI is InChI=1S/C16H17ClN2S/c17-15-10-14(12-6-2-1-3-7-12)18-16(19-15)11-20-13-8-4-5-9-13/h1-3,6-7,10,13H,4-5,8-9,11H2. The highest BCUT2D eigenvalue weighted by Crippen LogP contribution is 2.31. The molecule has 0 amide bonds. The molecule has 1 fully saturated rings. The molecule has 1 aliphatic rings. The van der Waals surface area contributed by atoms with Crippen molar-refractivity contribution in [2.45, 2.75) is 36.7 Å². The molecule has 0 radical (unpaired) electrons. The Labute approximate surface area is 129 Å². The van der Waals surface area contributed by atoms with Crippen LogP contribution >= 0.6 is 23.4 Å². The molecule has 3 rings (SSSR count). The molecule has 1 aromatic heterocycles. The molecule has 2 aromatic rings. The molecule has 4 heteroatoms. The second kappa shape index (κ2) is 6.59. The van der Waals surface area contributed by atoms with E-state index in [0.717, 1.165) is 28.1 Å². The van der Waals surface area contributed by atoms with E-state index in [4.69, 9.17) is 11.6 Å². The largest absolute Gasteiger partial charge is 0.232 e. The molecular formula is C16H17ClN2S. The third-order valence-electron chi connectivity index (χ3n) is 3.56. The van der Waals surface area contributed by atoms with Crippen LogP contribution in [-0.2, 0) is 5.75 Å². The minimum atomic E-state index is 0.529. The van der Waals surface area contributed by atoms with Crippen LogP contribution < -0.4 is 0 Å². The molecule has 104 valence electrons. The zero-order chi connectivity index (χ0) is 13.8. The fourth-order valence-electron chi connectivity index (χ4n) is 2.53. The highest BCUT2D eigenvalue weighted by molar-refractivity contribution is 7.99. The molecule has 0 saturated heterocycles. The summed E-state index contributed by atoms with van der Waals surface area (Å²) in [5.41, 5.74) is 2.00. The predicted molar refractivity (Wildman–Crippen MR) is 86.0 cm³/mol. The molecule has 20 heavy (non-hydrogen) atoms. The molecule has 1 aliphatic carbocycles. The summed E-state index contributed by atoms with van der Waals surface area (Å²) in [7, 11) is 0. The van der Waals surface area contributed by atoms with Gasteiger partial charge in [0.2, 0.25) is 0 Å². The minimum Gasteiger partial charge on any atom is -0.232 e. The van der Waals surface area contributed by atoms with Gasteiger partial charge in [-0.3, -0.25) is 0 Å². The third-order valence-corrected chi connectivity index (χ3v) is 5.12. The summed E-state index contributed by atoms with van der Waals surface area (Å²) in [5, 5.41) is 1.30. The molecule has 0 unspecified atom stereocenters. The van der Waals surface area contributed by atoms with Crippen molar-refractivity contribution in [1.29, 1.82) is 0 Å². The summed E-state index contributed by atoms with van der Waals surface area (Å²) < 4.78 is 0. The normalized spacial score (nSPS) is 15.7. The molecular weight excluding hydrogens is 288 g/mol. The van der Waals surface area contributed by atoms with Gasteiger partial charge in [0.1, 0.15) is 11.0 Å². The van der Waals surface area contributed by atoms with Crippen molar-refractivity contribution >= 4 is 23.4 Å². The zero-order valence-corrected chi connectivity index (χ0v) is 12.8. The molecule has 0 spiro atoms. The molecule has 0 N–H and O–H groups in total. The van der Waals surface area contributed by atoms with Gasteiger partial charge in [0, 0.05) is 16.9 Å².